The maximum absolute atomic E-state index is 13.4. The molecule has 2 rings (SSSR count). The molecule has 1 N–H and O–H groups in total. The minimum Gasteiger partial charge on any atom is -0.485 e. The van der Waals surface area contributed by atoms with Crippen LogP contribution in [0.1, 0.15) is 10.4 Å². The van der Waals surface area contributed by atoms with Crippen molar-refractivity contribution in [2.24, 2.45) is 0 Å². The lowest BCUT2D eigenvalue weighted by atomic mass is 10.2. The molecule has 6 heteroatoms. The first kappa shape index (κ1) is 14.2. The first-order chi connectivity index (χ1) is 9.58. The standard InChI is InChI=1S/C14H10F2O3S/c15-10-2-1-3-11(14(10)16)19-8-12-9(6-7-20-12)4-5-13(17)18/h1-7H,8H2,(H,17,18). The van der Waals surface area contributed by atoms with Gasteiger partial charge < -0.3 is 9.84 Å². The zero-order valence-corrected chi connectivity index (χ0v) is 11.0. The lowest BCUT2D eigenvalue weighted by Gasteiger charge is -2.07. The number of carboxylic acid groups (broad SMARTS) is 1. The summed E-state index contributed by atoms with van der Waals surface area (Å²) < 4.78 is 31.6. The summed E-state index contributed by atoms with van der Waals surface area (Å²) in [6, 6.07) is 5.42. The molecule has 104 valence electrons. The van der Waals surface area contributed by atoms with Crippen LogP contribution in [0, 0.1) is 11.6 Å². The third-order valence-electron chi connectivity index (χ3n) is 2.46. The predicted molar refractivity (Wildman–Crippen MR) is 71.7 cm³/mol. The van der Waals surface area contributed by atoms with Gasteiger partial charge in [-0.2, -0.15) is 4.39 Å². The Hall–Kier alpha value is -2.21. The van der Waals surface area contributed by atoms with E-state index >= 15 is 0 Å². The van der Waals surface area contributed by atoms with E-state index in [1.54, 1.807) is 11.4 Å². The first-order valence-corrected chi connectivity index (χ1v) is 6.50. The molecule has 0 aliphatic carbocycles. The van der Waals surface area contributed by atoms with E-state index in [4.69, 9.17) is 9.84 Å². The Morgan fingerprint density at radius 1 is 1.35 bits per heavy atom. The van der Waals surface area contributed by atoms with Gasteiger partial charge in [0.2, 0.25) is 5.82 Å². The predicted octanol–water partition coefficient (Wildman–Crippen LogP) is 3.70. The molecule has 0 spiro atoms. The number of hydrogen-bond acceptors (Lipinski definition) is 3. The number of benzene rings is 1. The van der Waals surface area contributed by atoms with Crippen molar-refractivity contribution in [1.29, 1.82) is 0 Å². The van der Waals surface area contributed by atoms with Gasteiger partial charge >= 0.3 is 5.97 Å². The number of aliphatic carboxylic acids is 1. The molecule has 1 aromatic heterocycles. The molecular weight excluding hydrogens is 286 g/mol. The number of ether oxygens (including phenoxy) is 1. The quantitative estimate of drug-likeness (QED) is 0.856. The van der Waals surface area contributed by atoms with Crippen LogP contribution in [0.15, 0.2) is 35.7 Å². The SMILES string of the molecule is O=C(O)C=Cc1ccsc1COc1cccc(F)c1F. The molecule has 0 aliphatic heterocycles. The van der Waals surface area contributed by atoms with Gasteiger partial charge in [0.1, 0.15) is 6.61 Å². The molecule has 20 heavy (non-hydrogen) atoms. The van der Waals surface area contributed by atoms with E-state index < -0.39 is 17.6 Å². The van der Waals surface area contributed by atoms with Crippen LogP contribution in [0.2, 0.25) is 0 Å². The third kappa shape index (κ3) is 3.42. The lowest BCUT2D eigenvalue weighted by molar-refractivity contribution is -0.131. The fourth-order valence-electron chi connectivity index (χ4n) is 1.52. The molecule has 0 unspecified atom stereocenters. The molecule has 0 saturated heterocycles. The third-order valence-corrected chi connectivity index (χ3v) is 3.37. The van der Waals surface area contributed by atoms with Crippen molar-refractivity contribution < 1.29 is 23.4 Å². The van der Waals surface area contributed by atoms with Gasteiger partial charge in [0, 0.05) is 11.0 Å². The van der Waals surface area contributed by atoms with Crippen molar-refractivity contribution in [2.45, 2.75) is 6.61 Å². The Morgan fingerprint density at radius 2 is 2.15 bits per heavy atom. The number of thiophene rings is 1. The van der Waals surface area contributed by atoms with E-state index in [2.05, 4.69) is 0 Å². The van der Waals surface area contributed by atoms with Crippen LogP contribution in [0.5, 0.6) is 5.75 Å². The van der Waals surface area contributed by atoms with E-state index in [0.717, 1.165) is 17.0 Å². The second kappa shape index (κ2) is 6.29. The molecule has 1 heterocycles. The highest BCUT2D eigenvalue weighted by molar-refractivity contribution is 7.10. The zero-order valence-electron chi connectivity index (χ0n) is 10.2. The smallest absolute Gasteiger partial charge is 0.328 e. The van der Waals surface area contributed by atoms with Gasteiger partial charge in [-0.05, 0) is 35.2 Å². The Kier molecular flexibility index (Phi) is 4.47. The Bertz CT molecular complexity index is 650. The van der Waals surface area contributed by atoms with Crippen molar-refractivity contribution in [2.75, 3.05) is 0 Å². The number of hydrogen-bond donors (Lipinski definition) is 1. The van der Waals surface area contributed by atoms with Crippen LogP contribution in [0.4, 0.5) is 8.78 Å². The monoisotopic (exact) mass is 296 g/mol. The van der Waals surface area contributed by atoms with Crippen LogP contribution in [-0.4, -0.2) is 11.1 Å². The van der Waals surface area contributed by atoms with E-state index in [1.807, 2.05) is 0 Å². The molecule has 0 fully saturated rings. The summed E-state index contributed by atoms with van der Waals surface area (Å²) in [7, 11) is 0. The summed E-state index contributed by atoms with van der Waals surface area (Å²) in [6.07, 6.45) is 2.44. The summed E-state index contributed by atoms with van der Waals surface area (Å²) in [4.78, 5) is 11.2. The normalized spacial score (nSPS) is 10.9. The van der Waals surface area contributed by atoms with Crippen LogP contribution < -0.4 is 4.74 Å². The van der Waals surface area contributed by atoms with Gasteiger partial charge in [0.05, 0.1) is 0 Å². The Morgan fingerprint density at radius 3 is 2.90 bits per heavy atom. The fraction of sp³-hybridized carbons (Fsp3) is 0.0714. The topological polar surface area (TPSA) is 46.5 Å². The minimum absolute atomic E-state index is 0.0390. The Balaban J connectivity index is 2.10. The highest BCUT2D eigenvalue weighted by atomic mass is 32.1. The molecule has 1 aromatic carbocycles. The summed E-state index contributed by atoms with van der Waals surface area (Å²) in [5.41, 5.74) is 0.675. The molecule has 3 nitrogen and oxygen atoms in total. The molecule has 0 bridgehead atoms. The van der Waals surface area contributed by atoms with Gasteiger partial charge in [-0.1, -0.05) is 6.07 Å². The van der Waals surface area contributed by atoms with E-state index in [0.29, 0.717) is 5.56 Å². The lowest BCUT2D eigenvalue weighted by Crippen LogP contribution is -1.98. The Labute approximate surface area is 117 Å². The summed E-state index contributed by atoms with van der Waals surface area (Å²) >= 11 is 1.35. The van der Waals surface area contributed by atoms with Crippen molar-refractivity contribution in [3.63, 3.8) is 0 Å². The van der Waals surface area contributed by atoms with Crippen LogP contribution in [0.25, 0.3) is 6.08 Å². The average molecular weight is 296 g/mol. The van der Waals surface area contributed by atoms with Crippen molar-refractivity contribution in [3.05, 3.63) is 57.8 Å². The molecule has 0 amide bonds. The molecule has 2 aromatic rings. The minimum atomic E-state index is -1.06. The van der Waals surface area contributed by atoms with Crippen molar-refractivity contribution >= 4 is 23.4 Å². The number of carboxylic acids is 1. The summed E-state index contributed by atoms with van der Waals surface area (Å²) in [5, 5.41) is 10.3. The van der Waals surface area contributed by atoms with Gasteiger partial charge in [-0.25, -0.2) is 9.18 Å². The second-order valence-electron chi connectivity index (χ2n) is 3.81. The number of carbonyl (C=O) groups is 1. The molecule has 0 radical (unpaired) electrons. The average Bonchev–Trinajstić information content (AvgIpc) is 2.85. The molecule has 0 saturated carbocycles. The first-order valence-electron chi connectivity index (χ1n) is 5.62. The van der Waals surface area contributed by atoms with E-state index in [-0.39, 0.29) is 12.4 Å². The second-order valence-corrected chi connectivity index (χ2v) is 4.81. The number of rotatable bonds is 5. The van der Waals surface area contributed by atoms with Gasteiger partial charge in [0.25, 0.3) is 0 Å². The molecular formula is C14H10F2O3S. The largest absolute Gasteiger partial charge is 0.485 e. The highest BCUT2D eigenvalue weighted by Crippen LogP contribution is 2.24. The highest BCUT2D eigenvalue weighted by Gasteiger charge is 2.10. The summed E-state index contributed by atoms with van der Waals surface area (Å²) in [5.74, 6) is -3.24. The van der Waals surface area contributed by atoms with Crippen molar-refractivity contribution in [3.8, 4) is 5.75 Å². The van der Waals surface area contributed by atoms with Crippen LogP contribution in [0.3, 0.4) is 0 Å². The maximum atomic E-state index is 13.4. The maximum Gasteiger partial charge on any atom is 0.328 e. The zero-order chi connectivity index (χ0) is 14.5. The van der Waals surface area contributed by atoms with E-state index in [9.17, 15) is 13.6 Å². The number of halogens is 2. The van der Waals surface area contributed by atoms with Gasteiger partial charge in [0.15, 0.2) is 11.6 Å². The van der Waals surface area contributed by atoms with Crippen LogP contribution >= 0.6 is 11.3 Å². The molecule has 0 aliphatic rings. The van der Waals surface area contributed by atoms with Crippen LogP contribution in [-0.2, 0) is 11.4 Å². The fourth-order valence-corrected chi connectivity index (χ4v) is 2.29. The summed E-state index contributed by atoms with van der Waals surface area (Å²) in [6.45, 7) is 0.0390. The van der Waals surface area contributed by atoms with Gasteiger partial charge in [-0.15, -0.1) is 11.3 Å². The molecule has 0 atom stereocenters. The van der Waals surface area contributed by atoms with Crippen molar-refractivity contribution in [1.82, 2.24) is 0 Å². The van der Waals surface area contributed by atoms with E-state index in [1.165, 1.54) is 29.5 Å². The van der Waals surface area contributed by atoms with Gasteiger partial charge in [-0.3, -0.25) is 0 Å².